The Bertz CT molecular complexity index is 1120. The van der Waals surface area contributed by atoms with Crippen LogP contribution in [0.1, 0.15) is 75.2 Å². The number of ether oxygens (including phenoxy) is 1. The van der Waals surface area contributed by atoms with Crippen LogP contribution in [0, 0.1) is 5.92 Å². The molecule has 212 valence electrons. The number of likely N-dealkylation sites (tertiary alicyclic amines) is 1. The third-order valence-corrected chi connectivity index (χ3v) is 8.72. The Morgan fingerprint density at radius 3 is 2.21 bits per heavy atom. The maximum atomic E-state index is 13.4. The third-order valence-electron chi connectivity index (χ3n) is 7.13. The lowest BCUT2D eigenvalue weighted by molar-refractivity contribution is -0.135. The van der Waals surface area contributed by atoms with Gasteiger partial charge in [-0.2, -0.15) is 0 Å². The molecule has 0 unspecified atom stereocenters. The van der Waals surface area contributed by atoms with Crippen molar-refractivity contribution in [2.45, 2.75) is 109 Å². The number of aromatic nitrogens is 2. The number of sulfone groups is 1. The van der Waals surface area contributed by atoms with E-state index in [1.54, 1.807) is 25.7 Å². The van der Waals surface area contributed by atoms with E-state index in [-0.39, 0.29) is 22.7 Å². The van der Waals surface area contributed by atoms with Gasteiger partial charge in [0.1, 0.15) is 11.6 Å². The van der Waals surface area contributed by atoms with Gasteiger partial charge < -0.3 is 24.3 Å². The normalized spacial score (nSPS) is 22.0. The number of nitrogens with one attached hydrogen (secondary N) is 1. The molecule has 1 N–H and O–H groups in total. The van der Waals surface area contributed by atoms with Crippen LogP contribution in [0.25, 0.3) is 0 Å². The Morgan fingerprint density at radius 2 is 1.71 bits per heavy atom. The molecule has 13 heteroatoms. The van der Waals surface area contributed by atoms with Gasteiger partial charge in [0.15, 0.2) is 0 Å². The fraction of sp³-hybridized carbons (Fsp3) is 0.760. The summed E-state index contributed by atoms with van der Waals surface area (Å²) in [7, 11) is -4.60. The number of alkyl carbamates (subject to hydrolysis) is 1. The molecule has 0 spiro atoms. The number of hydrogen-bond acceptors (Lipinski definition) is 9. The van der Waals surface area contributed by atoms with E-state index in [0.717, 1.165) is 0 Å². The summed E-state index contributed by atoms with van der Waals surface area (Å²) >= 11 is 0. The number of carbonyl (C=O) groups is 2. The van der Waals surface area contributed by atoms with Crippen LogP contribution in [0.4, 0.5) is 4.79 Å². The first-order valence-electron chi connectivity index (χ1n) is 13.0. The molecule has 2 amide bonds. The summed E-state index contributed by atoms with van der Waals surface area (Å²) in [6.45, 7) is 17.0. The number of amides is 2. The lowest BCUT2D eigenvalue weighted by Crippen LogP contribution is -2.54. The molecule has 1 aromatic rings. The van der Waals surface area contributed by atoms with Crippen LogP contribution >= 0.6 is 0 Å². The number of carbonyl (C=O) groups excluding carboxylic acids is 2. The highest BCUT2D eigenvalue weighted by Gasteiger charge is 2.52. The van der Waals surface area contributed by atoms with Gasteiger partial charge >= 0.3 is 13.2 Å². The van der Waals surface area contributed by atoms with E-state index >= 15 is 0 Å². The number of nitrogens with zero attached hydrogens (tertiary/aromatic N) is 3. The average molecular weight is 553 g/mol. The van der Waals surface area contributed by atoms with Crippen molar-refractivity contribution in [3.63, 3.8) is 0 Å². The molecule has 3 heterocycles. The SMILES string of the molecule is CC(C)[C@H](NC(=O)OC(C)(C)C)C(=O)N1CCC[C@H]1CS(=O)(=O)c1ncc(B2OC(C)(C)C(C)(C)O2)cn1. The summed E-state index contributed by atoms with van der Waals surface area (Å²) in [4.78, 5) is 35.5. The Kier molecular flexibility index (Phi) is 8.55. The van der Waals surface area contributed by atoms with Crippen molar-refractivity contribution in [3.05, 3.63) is 12.4 Å². The molecule has 38 heavy (non-hydrogen) atoms. The van der Waals surface area contributed by atoms with Crippen LogP contribution in [0.15, 0.2) is 17.6 Å². The van der Waals surface area contributed by atoms with E-state index in [4.69, 9.17) is 14.0 Å². The average Bonchev–Trinajstić information content (AvgIpc) is 3.30. The monoisotopic (exact) mass is 552 g/mol. The summed E-state index contributed by atoms with van der Waals surface area (Å²) < 4.78 is 43.7. The van der Waals surface area contributed by atoms with Crippen LogP contribution in [-0.2, 0) is 28.7 Å². The van der Waals surface area contributed by atoms with Gasteiger partial charge in [-0.3, -0.25) is 4.79 Å². The molecule has 0 aliphatic carbocycles. The van der Waals surface area contributed by atoms with E-state index in [1.165, 1.54) is 12.4 Å². The van der Waals surface area contributed by atoms with Crippen molar-refractivity contribution < 1.29 is 32.1 Å². The van der Waals surface area contributed by atoms with Gasteiger partial charge in [-0.15, -0.1) is 0 Å². The van der Waals surface area contributed by atoms with Crippen molar-refractivity contribution in [2.75, 3.05) is 12.3 Å². The van der Waals surface area contributed by atoms with Gasteiger partial charge in [-0.25, -0.2) is 23.2 Å². The second-order valence-electron chi connectivity index (χ2n) is 12.4. The van der Waals surface area contributed by atoms with Crippen molar-refractivity contribution in [2.24, 2.45) is 5.92 Å². The minimum atomic E-state index is -3.90. The molecular weight excluding hydrogens is 511 g/mol. The molecular formula is C25H41BN4O7S. The molecule has 2 saturated heterocycles. The number of rotatable bonds is 7. The Labute approximate surface area is 226 Å². The van der Waals surface area contributed by atoms with Gasteiger partial charge in [0.25, 0.3) is 0 Å². The quantitative estimate of drug-likeness (QED) is 0.398. The largest absolute Gasteiger partial charge is 0.498 e. The Hall–Kier alpha value is -2.25. The zero-order valence-corrected chi connectivity index (χ0v) is 24.7. The van der Waals surface area contributed by atoms with Gasteiger partial charge in [0, 0.05) is 30.4 Å². The Morgan fingerprint density at radius 1 is 1.16 bits per heavy atom. The first-order valence-corrected chi connectivity index (χ1v) is 14.7. The van der Waals surface area contributed by atoms with Crippen LogP contribution in [-0.4, -0.2) is 83.6 Å². The zero-order valence-electron chi connectivity index (χ0n) is 23.9. The summed E-state index contributed by atoms with van der Waals surface area (Å²) in [6, 6.07) is -1.40. The molecule has 11 nitrogen and oxygen atoms in total. The molecule has 0 radical (unpaired) electrons. The fourth-order valence-electron chi connectivity index (χ4n) is 4.34. The highest BCUT2D eigenvalue weighted by atomic mass is 32.2. The predicted molar refractivity (Wildman–Crippen MR) is 143 cm³/mol. The Balaban J connectivity index is 1.71. The van der Waals surface area contributed by atoms with Gasteiger partial charge in [-0.1, -0.05) is 13.8 Å². The van der Waals surface area contributed by atoms with E-state index in [1.807, 2.05) is 41.5 Å². The highest BCUT2D eigenvalue weighted by Crippen LogP contribution is 2.36. The summed E-state index contributed by atoms with van der Waals surface area (Å²) in [6.07, 6.45) is 3.29. The highest BCUT2D eigenvalue weighted by molar-refractivity contribution is 7.91. The molecule has 2 atom stereocenters. The van der Waals surface area contributed by atoms with Crippen molar-refractivity contribution >= 4 is 34.4 Å². The fourth-order valence-corrected chi connectivity index (χ4v) is 5.77. The van der Waals surface area contributed by atoms with E-state index < -0.39 is 51.9 Å². The first kappa shape index (κ1) is 30.3. The summed E-state index contributed by atoms with van der Waals surface area (Å²) in [5.41, 5.74) is -1.29. The van der Waals surface area contributed by atoms with Crippen molar-refractivity contribution in [3.8, 4) is 0 Å². The minimum Gasteiger partial charge on any atom is -0.444 e. The summed E-state index contributed by atoms with van der Waals surface area (Å²) in [5.74, 6) is -0.870. The molecule has 2 aliphatic heterocycles. The molecule has 1 aromatic heterocycles. The lowest BCUT2D eigenvalue weighted by Gasteiger charge is -2.32. The smallest absolute Gasteiger partial charge is 0.444 e. The predicted octanol–water partition coefficient (Wildman–Crippen LogP) is 2.09. The van der Waals surface area contributed by atoms with E-state index in [2.05, 4.69) is 15.3 Å². The maximum absolute atomic E-state index is 13.4. The zero-order chi connectivity index (χ0) is 28.7. The first-order chi connectivity index (χ1) is 17.3. The second-order valence-corrected chi connectivity index (χ2v) is 14.3. The van der Waals surface area contributed by atoms with E-state index in [9.17, 15) is 18.0 Å². The topological polar surface area (TPSA) is 137 Å². The molecule has 2 aliphatic rings. The van der Waals surface area contributed by atoms with Crippen LogP contribution < -0.4 is 10.8 Å². The molecule has 2 fully saturated rings. The van der Waals surface area contributed by atoms with Crippen molar-refractivity contribution in [1.29, 1.82) is 0 Å². The van der Waals surface area contributed by atoms with E-state index in [0.29, 0.717) is 24.8 Å². The standard InChI is InChI=1S/C25H41BN4O7S/c1-16(2)19(29-22(32)35-23(3,4)5)20(31)30-12-10-11-18(30)15-38(33,34)21-27-13-17(14-28-21)26-36-24(6,7)25(8,9)37-26/h13-14,16,18-19H,10-12,15H2,1-9H3,(H,29,32)/t18-,19-/m0/s1. The van der Waals surface area contributed by atoms with Crippen LogP contribution in [0.3, 0.4) is 0 Å². The van der Waals surface area contributed by atoms with Gasteiger partial charge in [-0.05, 0) is 67.2 Å². The number of hydrogen-bond donors (Lipinski definition) is 1. The molecule has 0 saturated carbocycles. The lowest BCUT2D eigenvalue weighted by atomic mass is 9.81. The van der Waals surface area contributed by atoms with Crippen molar-refractivity contribution in [1.82, 2.24) is 20.2 Å². The summed E-state index contributed by atoms with van der Waals surface area (Å²) in [5, 5.41) is 2.34. The third kappa shape index (κ3) is 6.84. The van der Waals surface area contributed by atoms with Crippen LogP contribution in [0.2, 0.25) is 0 Å². The van der Waals surface area contributed by atoms with Crippen LogP contribution in [0.5, 0.6) is 0 Å². The molecule has 0 aromatic carbocycles. The molecule has 3 rings (SSSR count). The maximum Gasteiger partial charge on any atom is 0.498 e. The van der Waals surface area contributed by atoms with Gasteiger partial charge in [0.2, 0.25) is 20.9 Å². The minimum absolute atomic E-state index is 0.223. The molecule has 0 bridgehead atoms. The second kappa shape index (κ2) is 10.7. The van der Waals surface area contributed by atoms with Gasteiger partial charge in [0.05, 0.1) is 17.0 Å².